The number of rotatable bonds is 6. The Morgan fingerprint density at radius 1 is 0.833 bits per heavy atom. The van der Waals surface area contributed by atoms with Gasteiger partial charge in [0, 0.05) is 23.5 Å². The fourth-order valence-electron chi connectivity index (χ4n) is 4.07. The Morgan fingerprint density at radius 2 is 1.33 bits per heavy atom. The molecule has 2 atom stereocenters. The van der Waals surface area contributed by atoms with Crippen LogP contribution in [-0.2, 0) is 14.4 Å². The van der Waals surface area contributed by atoms with E-state index in [0.717, 1.165) is 36.6 Å². The summed E-state index contributed by atoms with van der Waals surface area (Å²) in [4.78, 5) is 52.8. The summed E-state index contributed by atoms with van der Waals surface area (Å²) in [6.07, 6.45) is -9.80. The van der Waals surface area contributed by atoms with Gasteiger partial charge in [0.15, 0.2) is 5.96 Å². The van der Waals surface area contributed by atoms with E-state index < -0.39 is 42.3 Å². The molecule has 298 valence electrons. The van der Waals surface area contributed by atoms with Crippen molar-refractivity contribution in [1.82, 2.24) is 20.3 Å². The van der Waals surface area contributed by atoms with Crippen molar-refractivity contribution in [1.29, 1.82) is 5.41 Å². The van der Waals surface area contributed by atoms with E-state index in [2.05, 4.69) is 30.9 Å². The number of carbonyl (C=O) groups is 4. The third-order valence-electron chi connectivity index (χ3n) is 6.41. The van der Waals surface area contributed by atoms with Crippen LogP contribution >= 0.6 is 0 Å². The number of nitrogens with one attached hydrogen (secondary N) is 4. The van der Waals surface area contributed by atoms with Gasteiger partial charge < -0.3 is 41.7 Å². The number of carboxylic acids is 3. The number of hydrogen-bond acceptors (Lipinski definition) is 10. The normalized spacial score (nSPS) is 15.3. The molecular formula is C29H31F9N8O8. The first-order valence-corrected chi connectivity index (χ1v) is 14.6. The molecule has 0 aliphatic heterocycles. The highest BCUT2D eigenvalue weighted by molar-refractivity contribution is 6.03. The van der Waals surface area contributed by atoms with Crippen LogP contribution in [0.3, 0.4) is 0 Å². The van der Waals surface area contributed by atoms with Gasteiger partial charge in [-0.3, -0.25) is 10.2 Å². The number of ether oxygens (including phenoxy) is 1. The largest absolute Gasteiger partial charge is 0.490 e. The van der Waals surface area contributed by atoms with E-state index in [1.165, 1.54) is 13.3 Å². The van der Waals surface area contributed by atoms with Gasteiger partial charge in [-0.1, -0.05) is 24.5 Å². The predicted octanol–water partition coefficient (Wildman–Crippen LogP) is 4.70. The fourth-order valence-corrected chi connectivity index (χ4v) is 4.07. The SMILES string of the molecule is COc1ccc(NC(=O)c2nc(NC3CCCCC3NC(=N)N)c3cc(C)ccc3n2)cn1.O=C(O)C(F)(F)F.O=C(O)C(F)(F)F.O=C(O)C(F)(F)F. The number of fused-ring (bicyclic) bond motifs is 1. The molecule has 2 heterocycles. The maximum atomic E-state index is 13.0. The Kier molecular flexibility index (Phi) is 16.6. The molecule has 1 aromatic carbocycles. The maximum Gasteiger partial charge on any atom is 0.490 e. The Labute approximate surface area is 297 Å². The number of pyridine rings is 1. The number of alkyl halides is 9. The fraction of sp³-hybridized carbons (Fsp3) is 0.379. The van der Waals surface area contributed by atoms with Crippen LogP contribution in [0.25, 0.3) is 10.9 Å². The average molecular weight is 791 g/mol. The lowest BCUT2D eigenvalue weighted by atomic mass is 9.90. The van der Waals surface area contributed by atoms with Gasteiger partial charge in [0.05, 0.1) is 24.5 Å². The lowest BCUT2D eigenvalue weighted by Crippen LogP contribution is -2.50. The zero-order chi connectivity index (χ0) is 41.6. The summed E-state index contributed by atoms with van der Waals surface area (Å²) >= 11 is 0. The Hall–Kier alpha value is -6.17. The molecule has 25 heteroatoms. The van der Waals surface area contributed by atoms with Gasteiger partial charge in [-0.25, -0.2) is 29.3 Å². The van der Waals surface area contributed by atoms with Gasteiger partial charge in [0.2, 0.25) is 11.7 Å². The first-order valence-electron chi connectivity index (χ1n) is 14.6. The number of anilines is 2. The molecule has 4 rings (SSSR count). The van der Waals surface area contributed by atoms with E-state index in [1.54, 1.807) is 12.1 Å². The number of guanidine groups is 1. The molecule has 0 spiro atoms. The zero-order valence-corrected chi connectivity index (χ0v) is 27.7. The number of benzene rings is 1. The molecular weight excluding hydrogens is 759 g/mol. The van der Waals surface area contributed by atoms with Crippen molar-refractivity contribution in [2.24, 2.45) is 5.73 Å². The Balaban J connectivity index is 0.000000566. The standard InChI is InChI=1S/C23H28N8O2.3C2HF3O2/c1-13-7-9-16-15(11-13)20(29-17-5-3-4-6-18(17)30-23(24)25)31-21(28-16)22(32)27-14-8-10-19(33-2)26-12-14;3*3-2(4,5)1(6)7/h7-12,17-18H,3-6H2,1-2H3,(H,27,32)(H4,24,25,30)(H,28,29,31);3*(H,6,7). The second kappa shape index (κ2) is 19.6. The molecule has 16 nitrogen and oxygen atoms in total. The van der Waals surface area contributed by atoms with Gasteiger partial charge in [0.25, 0.3) is 5.91 Å². The van der Waals surface area contributed by atoms with E-state index >= 15 is 0 Å². The third kappa shape index (κ3) is 16.0. The van der Waals surface area contributed by atoms with Crippen molar-refractivity contribution in [3.63, 3.8) is 0 Å². The number of aryl methyl sites for hydroxylation is 1. The molecule has 1 amide bonds. The summed E-state index contributed by atoms with van der Waals surface area (Å²) in [5.74, 6) is -7.66. The number of halogens is 9. The first kappa shape index (κ1) is 45.9. The maximum absolute atomic E-state index is 13.0. The van der Waals surface area contributed by atoms with Gasteiger partial charge >= 0.3 is 36.4 Å². The van der Waals surface area contributed by atoms with Crippen LogP contribution in [0.15, 0.2) is 36.5 Å². The van der Waals surface area contributed by atoms with Crippen molar-refractivity contribution in [2.45, 2.75) is 63.2 Å². The van der Waals surface area contributed by atoms with Crippen molar-refractivity contribution >= 4 is 52.2 Å². The summed E-state index contributed by atoms with van der Waals surface area (Å²) in [7, 11) is 1.53. The van der Waals surface area contributed by atoms with Gasteiger partial charge in [0.1, 0.15) is 5.82 Å². The van der Waals surface area contributed by atoms with Crippen LogP contribution in [0.1, 0.15) is 41.9 Å². The Bertz CT molecular complexity index is 1720. The smallest absolute Gasteiger partial charge is 0.481 e. The van der Waals surface area contributed by atoms with Crippen molar-refractivity contribution in [2.75, 3.05) is 17.7 Å². The minimum absolute atomic E-state index is 0.00808. The molecule has 0 bridgehead atoms. The van der Waals surface area contributed by atoms with E-state index in [0.29, 0.717) is 22.9 Å². The average Bonchev–Trinajstić information content (AvgIpc) is 3.05. The highest BCUT2D eigenvalue weighted by Crippen LogP contribution is 2.27. The van der Waals surface area contributed by atoms with Gasteiger partial charge in [-0.15, -0.1) is 0 Å². The number of carboxylic acid groups (broad SMARTS) is 3. The first-order chi connectivity index (χ1) is 24.8. The lowest BCUT2D eigenvalue weighted by molar-refractivity contribution is -0.193. The van der Waals surface area contributed by atoms with E-state index in [1.807, 2.05) is 25.1 Å². The van der Waals surface area contributed by atoms with Crippen LogP contribution in [-0.4, -0.2) is 97.8 Å². The molecule has 1 aliphatic carbocycles. The molecule has 0 radical (unpaired) electrons. The van der Waals surface area contributed by atoms with Crippen LogP contribution in [0.5, 0.6) is 5.88 Å². The van der Waals surface area contributed by atoms with E-state index in [-0.39, 0.29) is 23.9 Å². The number of aromatic nitrogens is 3. The van der Waals surface area contributed by atoms with Crippen LogP contribution < -0.4 is 26.4 Å². The molecule has 2 aromatic heterocycles. The Morgan fingerprint density at radius 3 is 1.76 bits per heavy atom. The molecule has 0 saturated heterocycles. The quantitative estimate of drug-likeness (QED) is 0.0957. The van der Waals surface area contributed by atoms with Crippen molar-refractivity contribution < 1.29 is 78.7 Å². The second-order valence-corrected chi connectivity index (χ2v) is 10.6. The van der Waals surface area contributed by atoms with Crippen LogP contribution in [0.4, 0.5) is 51.0 Å². The number of hydrogen-bond donors (Lipinski definition) is 8. The molecule has 54 heavy (non-hydrogen) atoms. The summed E-state index contributed by atoms with van der Waals surface area (Å²) in [6, 6.07) is 9.23. The minimum atomic E-state index is -5.08. The molecule has 9 N–H and O–H groups in total. The topological polar surface area (TPSA) is 263 Å². The summed E-state index contributed by atoms with van der Waals surface area (Å²) in [5, 5.41) is 39.2. The lowest BCUT2D eigenvalue weighted by Gasteiger charge is -2.33. The van der Waals surface area contributed by atoms with Crippen molar-refractivity contribution in [3.05, 3.63) is 47.9 Å². The van der Waals surface area contributed by atoms with Crippen molar-refractivity contribution in [3.8, 4) is 5.88 Å². The molecule has 1 aliphatic rings. The molecule has 1 saturated carbocycles. The zero-order valence-electron chi connectivity index (χ0n) is 27.7. The van der Waals surface area contributed by atoms with Gasteiger partial charge in [-0.05, 0) is 38.0 Å². The van der Waals surface area contributed by atoms with Crippen LogP contribution in [0.2, 0.25) is 0 Å². The molecule has 1 fully saturated rings. The molecule has 3 aromatic rings. The highest BCUT2D eigenvalue weighted by Gasteiger charge is 2.39. The summed E-state index contributed by atoms with van der Waals surface area (Å²) in [5.41, 5.74) is 7.85. The highest BCUT2D eigenvalue weighted by atomic mass is 19.4. The number of amides is 1. The number of nitrogens with zero attached hydrogens (tertiary/aromatic N) is 3. The van der Waals surface area contributed by atoms with E-state index in [9.17, 15) is 44.3 Å². The van der Waals surface area contributed by atoms with E-state index in [4.69, 9.17) is 45.6 Å². The number of nitrogens with two attached hydrogens (primary N) is 1. The third-order valence-corrected chi connectivity index (χ3v) is 6.41. The predicted molar refractivity (Wildman–Crippen MR) is 169 cm³/mol. The monoisotopic (exact) mass is 790 g/mol. The summed E-state index contributed by atoms with van der Waals surface area (Å²) in [6.45, 7) is 2.00. The van der Waals surface area contributed by atoms with Gasteiger partial charge in [-0.2, -0.15) is 39.5 Å². The number of aliphatic carboxylic acids is 3. The molecule has 2 unspecified atom stereocenters. The van der Waals surface area contributed by atoms with Crippen LogP contribution in [0, 0.1) is 12.3 Å². The summed E-state index contributed by atoms with van der Waals surface area (Å²) < 4.78 is 100. The second-order valence-electron chi connectivity index (χ2n) is 10.6. The number of carbonyl (C=O) groups excluding carboxylic acids is 1. The minimum Gasteiger partial charge on any atom is -0.481 e. The number of methoxy groups -OCH3 is 1.